The minimum atomic E-state index is 0.223. The molecule has 0 radical (unpaired) electrons. The molecule has 5 nitrogen and oxygen atoms in total. The first-order valence-electron chi connectivity index (χ1n) is 7.34. The summed E-state index contributed by atoms with van der Waals surface area (Å²) in [6, 6.07) is 6.00. The molecule has 1 N–H and O–H groups in total. The average Bonchev–Trinajstić information content (AvgIpc) is 2.85. The molecule has 1 amide bonds. The van der Waals surface area contributed by atoms with Gasteiger partial charge in [-0.3, -0.25) is 4.79 Å². The molecule has 1 saturated heterocycles. The van der Waals surface area contributed by atoms with Crippen LogP contribution < -0.4 is 14.8 Å². The molecule has 0 spiro atoms. The summed E-state index contributed by atoms with van der Waals surface area (Å²) >= 11 is 0. The van der Waals surface area contributed by atoms with Crippen LogP contribution >= 0.6 is 0 Å². The minimum Gasteiger partial charge on any atom is -0.497 e. The van der Waals surface area contributed by atoms with Crippen molar-refractivity contribution >= 4 is 5.91 Å². The molecule has 21 heavy (non-hydrogen) atoms. The summed E-state index contributed by atoms with van der Waals surface area (Å²) < 4.78 is 10.7. The predicted octanol–water partition coefficient (Wildman–Crippen LogP) is 1.80. The van der Waals surface area contributed by atoms with Crippen LogP contribution in [0.2, 0.25) is 0 Å². The highest BCUT2D eigenvalue weighted by molar-refractivity contribution is 5.78. The standard InChI is InChI=1S/C16H24N2O3/c1-17-9-8-13-4-7-16(19)18(13)11-12-10-14(20-2)5-6-15(12)21-3/h5-6,10,13,17H,4,7-9,11H2,1-3H3. The number of carbonyl (C=O) groups excluding carboxylic acids is 1. The quantitative estimate of drug-likeness (QED) is 0.832. The third kappa shape index (κ3) is 3.67. The Labute approximate surface area is 126 Å². The maximum Gasteiger partial charge on any atom is 0.223 e. The van der Waals surface area contributed by atoms with Gasteiger partial charge in [-0.15, -0.1) is 0 Å². The largest absolute Gasteiger partial charge is 0.497 e. The number of nitrogens with zero attached hydrogens (tertiary/aromatic N) is 1. The van der Waals surface area contributed by atoms with Gasteiger partial charge >= 0.3 is 0 Å². The van der Waals surface area contributed by atoms with E-state index in [2.05, 4.69) is 5.32 Å². The van der Waals surface area contributed by atoms with Crippen molar-refractivity contribution in [2.75, 3.05) is 27.8 Å². The molecule has 1 fully saturated rings. The van der Waals surface area contributed by atoms with E-state index in [1.165, 1.54) is 0 Å². The highest BCUT2D eigenvalue weighted by Gasteiger charge is 2.30. The van der Waals surface area contributed by atoms with Gasteiger partial charge in [-0.05, 0) is 44.6 Å². The number of ether oxygens (including phenoxy) is 2. The maximum atomic E-state index is 12.1. The van der Waals surface area contributed by atoms with Crippen molar-refractivity contribution < 1.29 is 14.3 Å². The molecule has 1 heterocycles. The first-order valence-corrected chi connectivity index (χ1v) is 7.34. The van der Waals surface area contributed by atoms with Crippen molar-refractivity contribution in [1.82, 2.24) is 10.2 Å². The van der Waals surface area contributed by atoms with Gasteiger partial charge in [-0.1, -0.05) is 0 Å². The topological polar surface area (TPSA) is 50.8 Å². The van der Waals surface area contributed by atoms with Crippen molar-refractivity contribution in [2.24, 2.45) is 0 Å². The third-order valence-corrected chi connectivity index (χ3v) is 4.01. The van der Waals surface area contributed by atoms with Gasteiger partial charge in [0.2, 0.25) is 5.91 Å². The van der Waals surface area contributed by atoms with E-state index in [0.717, 1.165) is 36.4 Å². The molecule has 5 heteroatoms. The normalized spacial score (nSPS) is 18.1. The number of likely N-dealkylation sites (tertiary alicyclic amines) is 1. The van der Waals surface area contributed by atoms with Gasteiger partial charge in [0.15, 0.2) is 0 Å². The molecule has 1 aromatic rings. The third-order valence-electron chi connectivity index (χ3n) is 4.01. The predicted molar refractivity (Wildman–Crippen MR) is 81.7 cm³/mol. The van der Waals surface area contributed by atoms with Crippen LogP contribution in [0.25, 0.3) is 0 Å². The average molecular weight is 292 g/mol. The van der Waals surface area contributed by atoms with E-state index in [1.54, 1.807) is 14.2 Å². The minimum absolute atomic E-state index is 0.223. The molecule has 116 valence electrons. The maximum absolute atomic E-state index is 12.1. The lowest BCUT2D eigenvalue weighted by Crippen LogP contribution is -2.34. The Balaban J connectivity index is 2.16. The van der Waals surface area contributed by atoms with Crippen molar-refractivity contribution in [3.8, 4) is 11.5 Å². The summed E-state index contributed by atoms with van der Waals surface area (Å²) in [5.74, 6) is 1.80. The van der Waals surface area contributed by atoms with Crippen LogP contribution in [0.3, 0.4) is 0 Å². The number of methoxy groups -OCH3 is 2. The highest BCUT2D eigenvalue weighted by Crippen LogP contribution is 2.29. The molecule has 0 saturated carbocycles. The lowest BCUT2D eigenvalue weighted by Gasteiger charge is -2.26. The number of nitrogens with one attached hydrogen (secondary N) is 1. The SMILES string of the molecule is CNCCC1CCC(=O)N1Cc1cc(OC)ccc1OC. The van der Waals surface area contributed by atoms with Crippen LogP contribution in [0.4, 0.5) is 0 Å². The van der Waals surface area contributed by atoms with Crippen molar-refractivity contribution in [3.05, 3.63) is 23.8 Å². The van der Waals surface area contributed by atoms with E-state index in [4.69, 9.17) is 9.47 Å². The zero-order chi connectivity index (χ0) is 15.2. The van der Waals surface area contributed by atoms with E-state index in [-0.39, 0.29) is 5.91 Å². The molecule has 0 bridgehead atoms. The molecule has 1 aliphatic rings. The highest BCUT2D eigenvalue weighted by atomic mass is 16.5. The van der Waals surface area contributed by atoms with Gasteiger partial charge in [0, 0.05) is 24.6 Å². The summed E-state index contributed by atoms with van der Waals surface area (Å²) in [5, 5.41) is 3.15. The number of hydrogen-bond donors (Lipinski definition) is 1. The fourth-order valence-corrected chi connectivity index (χ4v) is 2.81. The van der Waals surface area contributed by atoms with E-state index < -0.39 is 0 Å². The number of carbonyl (C=O) groups is 1. The molecule has 1 aliphatic heterocycles. The fraction of sp³-hybridized carbons (Fsp3) is 0.562. The van der Waals surface area contributed by atoms with Crippen molar-refractivity contribution in [1.29, 1.82) is 0 Å². The Bertz CT molecular complexity index is 490. The summed E-state index contributed by atoms with van der Waals surface area (Å²) in [6.45, 7) is 1.50. The Morgan fingerprint density at radius 2 is 2.14 bits per heavy atom. The second kappa shape index (κ2) is 7.31. The van der Waals surface area contributed by atoms with Crippen LogP contribution in [0, 0.1) is 0 Å². The lowest BCUT2D eigenvalue weighted by atomic mass is 10.1. The summed E-state index contributed by atoms with van der Waals surface area (Å²) in [6.07, 6.45) is 2.56. The van der Waals surface area contributed by atoms with Gasteiger partial charge in [0.1, 0.15) is 11.5 Å². The number of benzene rings is 1. The molecule has 1 unspecified atom stereocenters. The molecular weight excluding hydrogens is 268 g/mol. The van der Waals surface area contributed by atoms with E-state index in [0.29, 0.717) is 19.0 Å². The first-order chi connectivity index (χ1) is 10.2. The molecule has 0 aromatic heterocycles. The van der Waals surface area contributed by atoms with E-state index >= 15 is 0 Å². The molecule has 1 atom stereocenters. The second-order valence-electron chi connectivity index (χ2n) is 5.28. The van der Waals surface area contributed by atoms with Gasteiger partial charge < -0.3 is 19.7 Å². The van der Waals surface area contributed by atoms with Crippen molar-refractivity contribution in [3.63, 3.8) is 0 Å². The van der Waals surface area contributed by atoms with Crippen LogP contribution in [-0.2, 0) is 11.3 Å². The monoisotopic (exact) mass is 292 g/mol. The second-order valence-corrected chi connectivity index (χ2v) is 5.28. The number of rotatable bonds is 7. The van der Waals surface area contributed by atoms with Crippen LogP contribution in [0.15, 0.2) is 18.2 Å². The first kappa shape index (κ1) is 15.6. The number of hydrogen-bond acceptors (Lipinski definition) is 4. The molecule has 1 aromatic carbocycles. The Morgan fingerprint density at radius 3 is 2.81 bits per heavy atom. The Kier molecular flexibility index (Phi) is 5.44. The van der Waals surface area contributed by atoms with Crippen LogP contribution in [0.1, 0.15) is 24.8 Å². The van der Waals surface area contributed by atoms with Crippen LogP contribution in [-0.4, -0.2) is 44.7 Å². The zero-order valence-electron chi connectivity index (χ0n) is 13.0. The Hall–Kier alpha value is -1.75. The molecule has 0 aliphatic carbocycles. The zero-order valence-corrected chi connectivity index (χ0v) is 13.0. The van der Waals surface area contributed by atoms with E-state index in [1.807, 2.05) is 30.1 Å². The number of amides is 1. The van der Waals surface area contributed by atoms with Gasteiger partial charge in [-0.25, -0.2) is 0 Å². The summed E-state index contributed by atoms with van der Waals surface area (Å²) in [5.41, 5.74) is 0.988. The lowest BCUT2D eigenvalue weighted by molar-refractivity contribution is -0.129. The smallest absolute Gasteiger partial charge is 0.223 e. The summed E-state index contributed by atoms with van der Waals surface area (Å²) in [4.78, 5) is 14.1. The van der Waals surface area contributed by atoms with Crippen LogP contribution in [0.5, 0.6) is 11.5 Å². The van der Waals surface area contributed by atoms with E-state index in [9.17, 15) is 4.79 Å². The fourth-order valence-electron chi connectivity index (χ4n) is 2.81. The van der Waals surface area contributed by atoms with Gasteiger partial charge in [0.05, 0.1) is 14.2 Å². The van der Waals surface area contributed by atoms with Gasteiger partial charge in [-0.2, -0.15) is 0 Å². The molecular formula is C16H24N2O3. The van der Waals surface area contributed by atoms with Gasteiger partial charge in [0.25, 0.3) is 0 Å². The summed E-state index contributed by atoms with van der Waals surface area (Å²) in [7, 11) is 5.23. The Morgan fingerprint density at radius 1 is 1.33 bits per heavy atom. The molecule has 2 rings (SSSR count). The van der Waals surface area contributed by atoms with Crippen molar-refractivity contribution in [2.45, 2.75) is 31.8 Å².